The second kappa shape index (κ2) is 32.4. The van der Waals surface area contributed by atoms with Crippen LogP contribution in [0.25, 0.3) is 0 Å². The molecule has 1 heterocycles. The van der Waals surface area contributed by atoms with E-state index < -0.39 is 0 Å². The molecule has 2 aromatic carbocycles. The Kier molecular flexibility index (Phi) is 24.5. The molecule has 612 valence electrons. The number of aliphatic hydroxyl groups is 4. The molecular weight excluding hydrogens is 1380 g/mol. The van der Waals surface area contributed by atoms with Gasteiger partial charge in [-0.15, -0.1) is 0 Å². The summed E-state index contributed by atoms with van der Waals surface area (Å²) in [5.74, 6) is 10.5. The Labute approximate surface area is 661 Å². The van der Waals surface area contributed by atoms with Crippen LogP contribution in [0.3, 0.4) is 0 Å². The number of imide groups is 1. The van der Waals surface area contributed by atoms with Crippen molar-refractivity contribution in [1.29, 1.82) is 0 Å². The molecular formula is C94H144N3O13+. The van der Waals surface area contributed by atoms with Gasteiger partial charge in [-0.3, -0.25) is 33.7 Å². The summed E-state index contributed by atoms with van der Waals surface area (Å²) in [4.78, 5) is 76.6. The Morgan fingerprint density at radius 3 is 1.25 bits per heavy atom. The molecule has 16 nitrogen and oxygen atoms in total. The summed E-state index contributed by atoms with van der Waals surface area (Å²) in [5, 5.41) is 48.5. The minimum absolute atomic E-state index is 0. The minimum Gasteiger partial charge on any atom is -0.469 e. The Hall–Kier alpha value is -4.74. The van der Waals surface area contributed by atoms with Gasteiger partial charge in [-0.25, -0.2) is 0 Å². The molecule has 12 aliphatic carbocycles. The van der Waals surface area contributed by atoms with Gasteiger partial charge in [0.2, 0.25) is 0 Å². The van der Waals surface area contributed by atoms with Crippen molar-refractivity contribution in [1.82, 2.24) is 10.2 Å². The van der Waals surface area contributed by atoms with E-state index in [4.69, 9.17) is 19.9 Å². The number of carbonyl (C=O) groups excluding carboxylic acids is 6. The Balaban J connectivity index is 0.000000156. The van der Waals surface area contributed by atoms with Crippen molar-refractivity contribution in [3.63, 3.8) is 0 Å². The molecule has 12 fully saturated rings. The fourth-order valence-electron chi connectivity index (χ4n) is 30.7. The van der Waals surface area contributed by atoms with Crippen molar-refractivity contribution in [2.24, 2.45) is 162 Å². The Morgan fingerprint density at radius 1 is 0.491 bits per heavy atom. The maximum Gasteiger partial charge on any atom is 1.00 e. The molecule has 0 spiro atoms. The lowest BCUT2D eigenvalue weighted by molar-refractivity contribution is -0.186. The molecule has 21 unspecified atom stereocenters. The number of hydrogen-bond donors (Lipinski definition) is 6. The van der Waals surface area contributed by atoms with Gasteiger partial charge in [0, 0.05) is 43.0 Å². The summed E-state index contributed by atoms with van der Waals surface area (Å²) in [5.41, 5.74) is 9.12. The second-order valence-corrected chi connectivity index (χ2v) is 41.0. The van der Waals surface area contributed by atoms with Gasteiger partial charge < -0.3 is 45.7 Å². The first-order chi connectivity index (χ1) is 52.2. The number of hydrogen-bond acceptors (Lipinski definition) is 14. The number of esters is 3. The van der Waals surface area contributed by atoms with Crippen molar-refractivity contribution < 1.29 is 64.8 Å². The normalized spacial score (nSPS) is 44.7. The first-order valence-corrected chi connectivity index (χ1v) is 44.2. The third-order valence-electron chi connectivity index (χ3n) is 36.7. The number of rotatable bonds is 16. The van der Waals surface area contributed by atoms with Crippen LogP contribution in [0.15, 0.2) is 48.5 Å². The van der Waals surface area contributed by atoms with Gasteiger partial charge in [0.1, 0.15) is 0 Å². The highest BCUT2D eigenvalue weighted by molar-refractivity contribution is 6.21. The van der Waals surface area contributed by atoms with Crippen LogP contribution in [-0.2, 0) is 35.2 Å². The Morgan fingerprint density at radius 2 is 0.855 bits per heavy atom. The molecule has 110 heavy (non-hydrogen) atoms. The van der Waals surface area contributed by atoms with E-state index in [1.54, 1.807) is 23.1 Å². The third kappa shape index (κ3) is 14.3. The number of ether oxygens (including phenoxy) is 3. The Bertz CT molecular complexity index is 3630. The summed E-state index contributed by atoms with van der Waals surface area (Å²) in [7, 11) is 4.39. The molecule has 2 aromatic rings. The number of carbonyl (C=O) groups is 6. The SMILES string of the molecule is COC(=O)CCC(C)[C@H]1CCC2C3C(CC(O)[C@@]21C)[C@@]1(C)CCC(N)CC1C[C@H]3C.COC(=O)CCC(C)[C@H]1CCC2C3C(CC(O)[C@@]21C)[C@@]1(C)CCC(N2C(=O)c4ccccc4C2=O)CC1C[C@H]3C.COC(=O)CCC(C)[C@H]1CCC2C3C(CC(O)[C@@]21C)[C@@]1(C)CCC(NC(=O)c2ccccc2CO)CC1C[C@H]3C.[H+]. The van der Waals surface area contributed by atoms with Crippen molar-refractivity contribution in [3.05, 3.63) is 70.8 Å². The lowest BCUT2D eigenvalue weighted by atomic mass is 9.41. The molecule has 12 saturated carbocycles. The number of aliphatic hydroxyl groups excluding tert-OH is 4. The van der Waals surface area contributed by atoms with E-state index in [0.29, 0.717) is 159 Å². The van der Waals surface area contributed by atoms with Crippen LogP contribution in [0.4, 0.5) is 0 Å². The average Bonchev–Trinajstić information content (AvgIpc) is 1.64. The molecule has 0 aromatic heterocycles. The first kappa shape index (κ1) is 83.2. The zero-order valence-electron chi connectivity index (χ0n) is 71.0. The van der Waals surface area contributed by atoms with Gasteiger partial charge in [-0.1, -0.05) is 113 Å². The van der Waals surface area contributed by atoms with Crippen molar-refractivity contribution >= 4 is 35.6 Å². The summed E-state index contributed by atoms with van der Waals surface area (Å²) in [6.07, 6.45) is 25.7. The number of benzene rings is 2. The van der Waals surface area contributed by atoms with Crippen LogP contribution in [0.1, 0.15) is 295 Å². The summed E-state index contributed by atoms with van der Waals surface area (Å²) < 4.78 is 14.7. The number of nitrogens with zero attached hydrogens (tertiary/aromatic N) is 1. The summed E-state index contributed by atoms with van der Waals surface area (Å²) in [6.45, 7) is 28.7. The first-order valence-electron chi connectivity index (χ1n) is 44.2. The topological polar surface area (TPSA) is 252 Å². The number of fused-ring (bicyclic) bond motifs is 16. The predicted octanol–water partition coefficient (Wildman–Crippen LogP) is 16.7. The van der Waals surface area contributed by atoms with Crippen molar-refractivity contribution in [3.8, 4) is 0 Å². The number of nitrogens with two attached hydrogens (primary N) is 1. The monoisotopic (exact) mass is 1520 g/mol. The standard InChI is InChI=1S/C34H47NO5.C34H51NO5.C26H45NO3/c1-19(10-13-29(37)40-5)25-11-12-26-30-20(2)16-21-17-22(35-31(38)23-8-6-7-9-24(23)32(35)39)14-15-33(21,3)27(30)18-28(36)34(25,26)4;1-20(10-13-30(38)40-5)26-11-12-27-31-21(2)16-23-17-24(35-32(39)25-9-7-6-8-22(25)19-36)14-15-33(23,3)28(31)18-29(37)34(26,27)4;1-15(6-9-23(29)30-5)19-7-8-20-24-16(2)12-17-13-18(27)10-11-25(17,3)21(24)14-22(28)26(19,20)4/h6-9,19-22,25-28,30,36H,10-18H2,1-5H3;6-9,20-21,23-24,26-29,31,36-37H,10-19H2,1-5H3,(H,35,39);15-22,24,28H,6-14,27H2,1-5H3/p+1/t19?,20-,21?,22?,25-,26?,27?,28?,30?,33+,34-;20?,21-,23?,24?,26-,27?,28?,29?,31?,33+,34-;15?,16-,17?,18?,19-,20?,21?,22?,24?,25+,26-/m111/s1. The maximum atomic E-state index is 13.3. The highest BCUT2D eigenvalue weighted by Crippen LogP contribution is 2.74. The summed E-state index contributed by atoms with van der Waals surface area (Å²) >= 11 is 0. The predicted molar refractivity (Wildman–Crippen MR) is 428 cm³/mol. The van der Waals surface area contributed by atoms with E-state index in [1.165, 1.54) is 66.3 Å². The molecule has 0 bridgehead atoms. The van der Waals surface area contributed by atoms with Crippen LogP contribution in [-0.4, -0.2) is 119 Å². The summed E-state index contributed by atoms with van der Waals surface area (Å²) in [6, 6.07) is 15.0. The molecule has 1 aliphatic heterocycles. The van der Waals surface area contributed by atoms with E-state index in [2.05, 4.69) is 88.4 Å². The van der Waals surface area contributed by atoms with Crippen LogP contribution in [0.2, 0.25) is 0 Å². The van der Waals surface area contributed by atoms with Crippen LogP contribution in [0.5, 0.6) is 0 Å². The molecule has 0 radical (unpaired) electrons. The highest BCUT2D eigenvalue weighted by Gasteiger charge is 2.69. The van der Waals surface area contributed by atoms with E-state index in [1.807, 2.05) is 30.3 Å². The fraction of sp³-hybridized carbons (Fsp3) is 0.809. The molecule has 13 aliphatic rings. The van der Waals surface area contributed by atoms with Crippen LogP contribution >= 0.6 is 0 Å². The molecule has 3 amide bonds. The van der Waals surface area contributed by atoms with Crippen molar-refractivity contribution in [2.45, 2.75) is 299 Å². The average molecular weight is 1520 g/mol. The molecule has 16 heteroatoms. The lowest BCUT2D eigenvalue weighted by Gasteiger charge is -2.64. The smallest absolute Gasteiger partial charge is 0.469 e. The second-order valence-electron chi connectivity index (χ2n) is 41.0. The molecule has 15 rings (SSSR count). The molecule has 33 atom stereocenters. The number of nitrogens with one attached hydrogen (secondary N) is 1. The van der Waals surface area contributed by atoms with Crippen LogP contribution < -0.4 is 11.1 Å². The van der Waals surface area contributed by atoms with E-state index in [0.717, 1.165) is 127 Å². The molecule has 0 saturated heterocycles. The van der Waals surface area contributed by atoms with Gasteiger partial charge in [0.15, 0.2) is 0 Å². The van der Waals surface area contributed by atoms with E-state index in [-0.39, 0.29) is 101 Å². The van der Waals surface area contributed by atoms with Crippen LogP contribution in [0, 0.1) is 157 Å². The zero-order valence-corrected chi connectivity index (χ0v) is 70.0. The van der Waals surface area contributed by atoms with E-state index >= 15 is 0 Å². The van der Waals surface area contributed by atoms with Gasteiger partial charge in [0.05, 0.1) is 57.4 Å². The van der Waals surface area contributed by atoms with Gasteiger partial charge in [-0.05, 0) is 335 Å². The van der Waals surface area contributed by atoms with E-state index in [9.17, 15) is 49.2 Å². The fourth-order valence-corrected chi connectivity index (χ4v) is 30.7. The number of amides is 3. The van der Waals surface area contributed by atoms with Gasteiger partial charge in [0.25, 0.3) is 17.7 Å². The minimum atomic E-state index is -0.344. The van der Waals surface area contributed by atoms with Gasteiger partial charge >= 0.3 is 19.3 Å². The van der Waals surface area contributed by atoms with Crippen molar-refractivity contribution in [2.75, 3.05) is 21.3 Å². The largest absolute Gasteiger partial charge is 1.00 e. The number of methoxy groups -OCH3 is 3. The molecule has 7 N–H and O–H groups in total. The lowest BCUT2D eigenvalue weighted by Crippen LogP contribution is -2.61. The van der Waals surface area contributed by atoms with Gasteiger partial charge in [-0.2, -0.15) is 0 Å². The third-order valence-corrected chi connectivity index (χ3v) is 36.7. The highest BCUT2D eigenvalue weighted by atomic mass is 16.5. The maximum absolute atomic E-state index is 13.3. The quantitative estimate of drug-likeness (QED) is 0.0520. The zero-order chi connectivity index (χ0) is 79.2.